The molecule has 0 aliphatic rings. The Kier molecular flexibility index (Phi) is 3.42. The third-order valence-electron chi connectivity index (χ3n) is 3.11. The van der Waals surface area contributed by atoms with Gasteiger partial charge in [0.15, 0.2) is 0 Å². The van der Waals surface area contributed by atoms with Gasteiger partial charge < -0.3 is 4.74 Å². The van der Waals surface area contributed by atoms with Gasteiger partial charge in [-0.15, -0.1) is 0 Å². The lowest BCUT2D eigenvalue weighted by molar-refractivity contribution is 0.416. The molecule has 2 heteroatoms. The van der Waals surface area contributed by atoms with E-state index in [1.54, 1.807) is 7.11 Å². The minimum absolute atomic E-state index is 0.878. The van der Waals surface area contributed by atoms with E-state index in [1.807, 2.05) is 18.2 Å². The SMILES string of the molecule is COc1ccccc1-c1[c]c2ccc(I)cc2cc1. The summed E-state index contributed by atoms with van der Waals surface area (Å²) < 4.78 is 6.65. The van der Waals surface area contributed by atoms with Crippen molar-refractivity contribution in [3.63, 3.8) is 0 Å². The average molecular weight is 359 g/mol. The van der Waals surface area contributed by atoms with E-state index < -0.39 is 0 Å². The maximum atomic E-state index is 5.41. The number of halogens is 1. The van der Waals surface area contributed by atoms with Crippen molar-refractivity contribution in [1.29, 1.82) is 0 Å². The maximum absolute atomic E-state index is 5.41. The summed E-state index contributed by atoms with van der Waals surface area (Å²) in [4.78, 5) is 0. The molecule has 0 unspecified atom stereocenters. The van der Waals surface area contributed by atoms with Crippen LogP contribution < -0.4 is 4.74 Å². The van der Waals surface area contributed by atoms with Crippen molar-refractivity contribution in [2.24, 2.45) is 0 Å². The number of ether oxygens (including phenoxy) is 1. The molecule has 0 amide bonds. The topological polar surface area (TPSA) is 9.23 Å². The zero-order valence-electron chi connectivity index (χ0n) is 10.5. The first-order valence-electron chi connectivity index (χ1n) is 6.03. The Hall–Kier alpha value is -1.55. The van der Waals surface area contributed by atoms with E-state index in [1.165, 1.54) is 8.96 Å². The summed E-state index contributed by atoms with van der Waals surface area (Å²) in [7, 11) is 1.70. The molecule has 0 saturated carbocycles. The molecule has 0 N–H and O–H groups in total. The highest BCUT2D eigenvalue weighted by Crippen LogP contribution is 2.31. The average Bonchev–Trinajstić information content (AvgIpc) is 2.46. The molecule has 0 aliphatic carbocycles. The van der Waals surface area contributed by atoms with E-state index in [0.717, 1.165) is 22.3 Å². The van der Waals surface area contributed by atoms with Crippen LogP contribution in [0.4, 0.5) is 0 Å². The molecule has 93 valence electrons. The quantitative estimate of drug-likeness (QED) is 0.590. The van der Waals surface area contributed by atoms with Crippen molar-refractivity contribution in [2.75, 3.05) is 7.11 Å². The molecule has 1 radical (unpaired) electrons. The Morgan fingerprint density at radius 2 is 1.84 bits per heavy atom. The minimum Gasteiger partial charge on any atom is -0.496 e. The van der Waals surface area contributed by atoms with Crippen molar-refractivity contribution in [3.8, 4) is 16.9 Å². The van der Waals surface area contributed by atoms with Gasteiger partial charge in [0.25, 0.3) is 0 Å². The molecule has 0 bridgehead atoms. The second-order valence-electron chi connectivity index (χ2n) is 4.30. The molecular weight excluding hydrogens is 347 g/mol. The zero-order valence-corrected chi connectivity index (χ0v) is 12.6. The second-order valence-corrected chi connectivity index (χ2v) is 5.55. The fourth-order valence-corrected chi connectivity index (χ4v) is 2.68. The van der Waals surface area contributed by atoms with Crippen LogP contribution in [0.5, 0.6) is 5.75 Å². The number of hydrogen-bond donors (Lipinski definition) is 0. The highest BCUT2D eigenvalue weighted by atomic mass is 127. The van der Waals surface area contributed by atoms with Gasteiger partial charge in [0.1, 0.15) is 5.75 Å². The summed E-state index contributed by atoms with van der Waals surface area (Å²) in [5, 5.41) is 2.34. The van der Waals surface area contributed by atoms with E-state index in [-0.39, 0.29) is 0 Å². The Morgan fingerprint density at radius 3 is 2.68 bits per heavy atom. The van der Waals surface area contributed by atoms with Crippen LogP contribution in [0, 0.1) is 9.64 Å². The smallest absolute Gasteiger partial charge is 0.126 e. The predicted molar refractivity (Wildman–Crippen MR) is 87.5 cm³/mol. The van der Waals surface area contributed by atoms with Gasteiger partial charge in [0, 0.05) is 9.13 Å². The van der Waals surface area contributed by atoms with E-state index >= 15 is 0 Å². The Labute approximate surface area is 126 Å². The Bertz CT molecular complexity index is 734. The van der Waals surface area contributed by atoms with Crippen LogP contribution in [-0.4, -0.2) is 7.11 Å². The van der Waals surface area contributed by atoms with Crippen LogP contribution in [0.3, 0.4) is 0 Å². The van der Waals surface area contributed by atoms with Crippen LogP contribution in [0.15, 0.2) is 54.6 Å². The summed E-state index contributed by atoms with van der Waals surface area (Å²) >= 11 is 2.33. The number of benzene rings is 3. The van der Waals surface area contributed by atoms with Crippen molar-refractivity contribution < 1.29 is 4.74 Å². The number of methoxy groups -OCH3 is 1. The van der Waals surface area contributed by atoms with E-state index in [0.29, 0.717) is 0 Å². The van der Waals surface area contributed by atoms with Gasteiger partial charge in [-0.2, -0.15) is 0 Å². The molecule has 0 atom stereocenters. The highest BCUT2D eigenvalue weighted by Gasteiger charge is 2.06. The number of rotatable bonds is 2. The van der Waals surface area contributed by atoms with Crippen LogP contribution in [-0.2, 0) is 0 Å². The lowest BCUT2D eigenvalue weighted by Crippen LogP contribution is -1.87. The summed E-state index contributed by atoms with van der Waals surface area (Å²) in [6, 6.07) is 22.1. The third-order valence-corrected chi connectivity index (χ3v) is 3.78. The first-order chi connectivity index (χ1) is 9.28. The van der Waals surface area contributed by atoms with Crippen LogP contribution in [0.1, 0.15) is 0 Å². The fourth-order valence-electron chi connectivity index (χ4n) is 2.17. The van der Waals surface area contributed by atoms with Gasteiger partial charge in [-0.05, 0) is 63.2 Å². The highest BCUT2D eigenvalue weighted by molar-refractivity contribution is 14.1. The van der Waals surface area contributed by atoms with E-state index in [9.17, 15) is 0 Å². The van der Waals surface area contributed by atoms with Gasteiger partial charge in [-0.3, -0.25) is 0 Å². The summed E-state index contributed by atoms with van der Waals surface area (Å²) in [5.41, 5.74) is 2.14. The Morgan fingerprint density at radius 1 is 1.00 bits per heavy atom. The molecule has 0 spiro atoms. The molecule has 0 aliphatic heterocycles. The van der Waals surface area contributed by atoms with E-state index in [4.69, 9.17) is 4.74 Å². The van der Waals surface area contributed by atoms with Crippen LogP contribution in [0.25, 0.3) is 21.9 Å². The zero-order chi connectivity index (χ0) is 13.2. The van der Waals surface area contributed by atoms with Gasteiger partial charge in [-0.1, -0.05) is 36.4 Å². The van der Waals surface area contributed by atoms with Crippen molar-refractivity contribution in [3.05, 3.63) is 64.2 Å². The summed E-state index contributed by atoms with van der Waals surface area (Å²) in [6.07, 6.45) is 0. The lowest BCUT2D eigenvalue weighted by Gasteiger charge is -2.09. The molecule has 3 rings (SSSR count). The van der Waals surface area contributed by atoms with Gasteiger partial charge >= 0.3 is 0 Å². The van der Waals surface area contributed by atoms with Crippen molar-refractivity contribution >= 4 is 33.4 Å². The largest absolute Gasteiger partial charge is 0.496 e. The molecule has 0 saturated heterocycles. The van der Waals surface area contributed by atoms with Gasteiger partial charge in [-0.25, -0.2) is 0 Å². The monoisotopic (exact) mass is 359 g/mol. The molecular formula is C17H12IO. The number of fused-ring (bicyclic) bond motifs is 1. The Balaban J connectivity index is 2.18. The number of hydrogen-bond acceptors (Lipinski definition) is 1. The lowest BCUT2D eigenvalue weighted by atomic mass is 10.0. The predicted octanol–water partition coefficient (Wildman–Crippen LogP) is 4.92. The molecule has 19 heavy (non-hydrogen) atoms. The summed E-state index contributed by atoms with van der Waals surface area (Å²) in [5.74, 6) is 0.878. The molecule has 3 aromatic rings. The molecule has 1 nitrogen and oxygen atoms in total. The molecule has 0 aromatic heterocycles. The maximum Gasteiger partial charge on any atom is 0.126 e. The van der Waals surface area contributed by atoms with Crippen molar-refractivity contribution in [1.82, 2.24) is 0 Å². The molecule has 0 fully saturated rings. The first kappa shape index (κ1) is 12.5. The first-order valence-corrected chi connectivity index (χ1v) is 7.11. The second kappa shape index (κ2) is 5.21. The number of para-hydroxylation sites is 1. The fraction of sp³-hybridized carbons (Fsp3) is 0.0588. The molecule has 0 heterocycles. The van der Waals surface area contributed by atoms with Gasteiger partial charge in [0.05, 0.1) is 7.11 Å². The minimum atomic E-state index is 0.878. The van der Waals surface area contributed by atoms with Crippen molar-refractivity contribution in [2.45, 2.75) is 0 Å². The van der Waals surface area contributed by atoms with Crippen LogP contribution >= 0.6 is 22.6 Å². The van der Waals surface area contributed by atoms with Gasteiger partial charge in [0.2, 0.25) is 0 Å². The molecule has 3 aromatic carbocycles. The van der Waals surface area contributed by atoms with E-state index in [2.05, 4.69) is 65.1 Å². The normalized spacial score (nSPS) is 10.6. The summed E-state index contributed by atoms with van der Waals surface area (Å²) in [6.45, 7) is 0. The third kappa shape index (κ3) is 2.45. The standard InChI is InChI=1S/C17H12IO/c1-19-17-5-3-2-4-16(17)14-7-6-13-11-15(18)9-8-12(13)10-14/h2-9,11H,1H3. The van der Waals surface area contributed by atoms with Crippen LogP contribution in [0.2, 0.25) is 0 Å².